The molecular formula is C17H25N5OS. The SMILES string of the molecule is CC.CCCOc1ncccc1-c1csc(NC2=NCCCN2)n1. The third kappa shape index (κ3) is 4.92. The van der Waals surface area contributed by atoms with Gasteiger partial charge in [0.15, 0.2) is 11.1 Å². The zero-order valence-corrected chi connectivity index (χ0v) is 15.3. The van der Waals surface area contributed by atoms with Crippen molar-refractivity contribution in [3.05, 3.63) is 23.7 Å². The van der Waals surface area contributed by atoms with Gasteiger partial charge < -0.3 is 15.4 Å². The topological polar surface area (TPSA) is 71.4 Å². The van der Waals surface area contributed by atoms with Gasteiger partial charge >= 0.3 is 0 Å². The molecule has 0 radical (unpaired) electrons. The fourth-order valence-corrected chi connectivity index (χ4v) is 2.78. The minimum absolute atomic E-state index is 0.634. The summed E-state index contributed by atoms with van der Waals surface area (Å²) < 4.78 is 5.70. The molecule has 130 valence electrons. The van der Waals surface area contributed by atoms with E-state index in [0.29, 0.717) is 12.5 Å². The van der Waals surface area contributed by atoms with Gasteiger partial charge in [0.25, 0.3) is 0 Å². The number of anilines is 1. The number of thiazole rings is 1. The zero-order chi connectivity index (χ0) is 17.2. The van der Waals surface area contributed by atoms with Crippen LogP contribution in [-0.4, -0.2) is 35.6 Å². The molecule has 0 aliphatic carbocycles. The Hall–Kier alpha value is -2.15. The van der Waals surface area contributed by atoms with E-state index in [4.69, 9.17) is 4.74 Å². The van der Waals surface area contributed by atoms with E-state index >= 15 is 0 Å². The highest BCUT2D eigenvalue weighted by molar-refractivity contribution is 7.14. The molecule has 3 rings (SSSR count). The fourth-order valence-electron chi connectivity index (χ4n) is 2.07. The number of aliphatic imine (C=N–C) groups is 1. The summed E-state index contributed by atoms with van der Waals surface area (Å²) in [4.78, 5) is 13.3. The Morgan fingerprint density at radius 2 is 2.25 bits per heavy atom. The van der Waals surface area contributed by atoms with Crippen molar-refractivity contribution in [2.75, 3.05) is 25.0 Å². The number of nitrogens with zero attached hydrogens (tertiary/aromatic N) is 3. The highest BCUT2D eigenvalue weighted by Crippen LogP contribution is 2.30. The molecule has 0 fully saturated rings. The summed E-state index contributed by atoms with van der Waals surface area (Å²) in [6.45, 7) is 8.53. The largest absolute Gasteiger partial charge is 0.477 e. The first-order chi connectivity index (χ1) is 11.9. The predicted molar refractivity (Wildman–Crippen MR) is 101 cm³/mol. The molecule has 7 heteroatoms. The van der Waals surface area contributed by atoms with Crippen molar-refractivity contribution in [2.24, 2.45) is 4.99 Å². The van der Waals surface area contributed by atoms with Gasteiger partial charge in [-0.05, 0) is 25.0 Å². The average molecular weight is 347 g/mol. The summed E-state index contributed by atoms with van der Waals surface area (Å²) in [5.41, 5.74) is 1.78. The highest BCUT2D eigenvalue weighted by Gasteiger charge is 2.12. The van der Waals surface area contributed by atoms with Crippen LogP contribution in [0.1, 0.15) is 33.6 Å². The highest BCUT2D eigenvalue weighted by atomic mass is 32.1. The summed E-state index contributed by atoms with van der Waals surface area (Å²) in [5.74, 6) is 1.43. The molecule has 1 aliphatic heterocycles. The van der Waals surface area contributed by atoms with Crippen molar-refractivity contribution >= 4 is 22.4 Å². The van der Waals surface area contributed by atoms with E-state index in [1.54, 1.807) is 17.5 Å². The molecule has 1 aliphatic rings. The number of aromatic nitrogens is 2. The second-order valence-corrected chi connectivity index (χ2v) is 5.74. The van der Waals surface area contributed by atoms with Crippen molar-refractivity contribution < 1.29 is 4.74 Å². The van der Waals surface area contributed by atoms with Crippen LogP contribution < -0.4 is 15.4 Å². The van der Waals surface area contributed by atoms with Crippen LogP contribution in [0, 0.1) is 0 Å². The molecule has 0 saturated heterocycles. The van der Waals surface area contributed by atoms with Gasteiger partial charge in [0.05, 0.1) is 17.9 Å². The van der Waals surface area contributed by atoms with Crippen LogP contribution in [0.5, 0.6) is 5.88 Å². The third-order valence-corrected chi connectivity index (χ3v) is 3.87. The molecule has 0 amide bonds. The first-order valence-corrected chi connectivity index (χ1v) is 9.34. The van der Waals surface area contributed by atoms with Gasteiger partial charge in [-0.3, -0.25) is 4.99 Å². The fraction of sp³-hybridized carbons (Fsp3) is 0.471. The molecule has 0 spiro atoms. The van der Waals surface area contributed by atoms with Gasteiger partial charge in [-0.15, -0.1) is 11.3 Å². The number of hydrogen-bond acceptors (Lipinski definition) is 7. The summed E-state index contributed by atoms with van der Waals surface area (Å²) in [6, 6.07) is 3.88. The van der Waals surface area contributed by atoms with Crippen LogP contribution in [-0.2, 0) is 0 Å². The van der Waals surface area contributed by atoms with E-state index in [-0.39, 0.29) is 0 Å². The Morgan fingerprint density at radius 1 is 1.38 bits per heavy atom. The molecular weight excluding hydrogens is 322 g/mol. The Kier molecular flexibility index (Phi) is 7.48. The molecule has 6 nitrogen and oxygen atoms in total. The second kappa shape index (κ2) is 9.87. The Bertz CT molecular complexity index is 656. The van der Waals surface area contributed by atoms with Crippen molar-refractivity contribution in [1.82, 2.24) is 15.3 Å². The predicted octanol–water partition coefficient (Wildman–Crippen LogP) is 3.78. The first-order valence-electron chi connectivity index (χ1n) is 8.46. The van der Waals surface area contributed by atoms with Crippen LogP contribution >= 0.6 is 11.3 Å². The molecule has 0 aromatic carbocycles. The lowest BCUT2D eigenvalue weighted by atomic mass is 10.2. The van der Waals surface area contributed by atoms with Crippen molar-refractivity contribution in [3.63, 3.8) is 0 Å². The lowest BCUT2D eigenvalue weighted by Gasteiger charge is -2.14. The third-order valence-electron chi connectivity index (χ3n) is 3.12. The number of guanidine groups is 1. The molecule has 2 aromatic heterocycles. The quantitative estimate of drug-likeness (QED) is 0.861. The molecule has 2 aromatic rings. The summed E-state index contributed by atoms with van der Waals surface area (Å²) in [7, 11) is 0. The molecule has 2 N–H and O–H groups in total. The van der Waals surface area contributed by atoms with Crippen LogP contribution in [0.25, 0.3) is 11.3 Å². The maximum absolute atomic E-state index is 5.70. The van der Waals surface area contributed by atoms with Gasteiger partial charge in [0.1, 0.15) is 0 Å². The van der Waals surface area contributed by atoms with Gasteiger partial charge in [-0.2, -0.15) is 0 Å². The first kappa shape index (κ1) is 18.2. The standard InChI is InChI=1S/C15H19N5OS.C2H6/c1-2-9-21-13-11(5-3-6-16-13)12-10-22-15(19-12)20-14-17-7-4-8-18-14;1-2/h3,5-6,10H,2,4,7-9H2,1H3,(H2,17,18,19,20);1-2H3. The van der Waals surface area contributed by atoms with E-state index in [0.717, 1.165) is 48.3 Å². The number of pyridine rings is 1. The summed E-state index contributed by atoms with van der Waals surface area (Å²) in [6.07, 6.45) is 3.76. The van der Waals surface area contributed by atoms with Crippen LogP contribution in [0.3, 0.4) is 0 Å². The molecule has 3 heterocycles. The van der Waals surface area contributed by atoms with Gasteiger partial charge in [0, 0.05) is 24.7 Å². The van der Waals surface area contributed by atoms with Gasteiger partial charge in [0.2, 0.25) is 5.88 Å². The van der Waals surface area contributed by atoms with Crippen LogP contribution in [0.4, 0.5) is 5.13 Å². The van der Waals surface area contributed by atoms with E-state index < -0.39 is 0 Å². The van der Waals surface area contributed by atoms with Gasteiger partial charge in [-0.1, -0.05) is 20.8 Å². The van der Waals surface area contributed by atoms with Crippen LogP contribution in [0.2, 0.25) is 0 Å². The normalized spacial score (nSPS) is 13.2. The smallest absolute Gasteiger partial charge is 0.222 e. The van der Waals surface area contributed by atoms with E-state index in [9.17, 15) is 0 Å². The van der Waals surface area contributed by atoms with Crippen molar-refractivity contribution in [1.29, 1.82) is 0 Å². The van der Waals surface area contributed by atoms with Crippen LogP contribution in [0.15, 0.2) is 28.7 Å². The number of nitrogens with one attached hydrogen (secondary N) is 2. The molecule has 0 atom stereocenters. The monoisotopic (exact) mass is 347 g/mol. The number of rotatable bonds is 5. The zero-order valence-electron chi connectivity index (χ0n) is 14.5. The molecule has 0 unspecified atom stereocenters. The maximum atomic E-state index is 5.70. The number of hydrogen-bond donors (Lipinski definition) is 2. The Labute approximate surface area is 147 Å². The molecule has 24 heavy (non-hydrogen) atoms. The second-order valence-electron chi connectivity index (χ2n) is 4.88. The summed E-state index contributed by atoms with van der Waals surface area (Å²) >= 11 is 1.54. The van der Waals surface area contributed by atoms with E-state index in [1.165, 1.54) is 0 Å². The lowest BCUT2D eigenvalue weighted by Crippen LogP contribution is -2.35. The molecule has 0 bridgehead atoms. The summed E-state index contributed by atoms with van der Waals surface area (Å²) in [5, 5.41) is 9.26. The van der Waals surface area contributed by atoms with Gasteiger partial charge in [-0.25, -0.2) is 9.97 Å². The lowest BCUT2D eigenvalue weighted by molar-refractivity contribution is 0.306. The Morgan fingerprint density at radius 3 is 3.00 bits per heavy atom. The van der Waals surface area contributed by atoms with Crippen molar-refractivity contribution in [3.8, 4) is 17.1 Å². The minimum atomic E-state index is 0.634. The maximum Gasteiger partial charge on any atom is 0.222 e. The minimum Gasteiger partial charge on any atom is -0.477 e. The average Bonchev–Trinajstić information content (AvgIpc) is 3.11. The Balaban J connectivity index is 0.00000100. The molecule has 0 saturated carbocycles. The number of ether oxygens (including phenoxy) is 1. The van der Waals surface area contributed by atoms with Crippen molar-refractivity contribution in [2.45, 2.75) is 33.6 Å². The van der Waals surface area contributed by atoms with E-state index in [2.05, 4.69) is 32.5 Å². The van der Waals surface area contributed by atoms with E-state index in [1.807, 2.05) is 31.4 Å².